The Balaban J connectivity index is 1.83. The van der Waals surface area contributed by atoms with Gasteiger partial charge in [-0.2, -0.15) is 0 Å². The molecule has 2 aromatic heterocycles. The molecule has 0 N–H and O–H groups in total. The molecule has 4 rings (SSSR count). The number of nitro benzene ring substituents is 1. The normalized spacial score (nSPS) is 10.9. The van der Waals surface area contributed by atoms with Crippen molar-refractivity contribution < 1.29 is 14.1 Å². The van der Waals surface area contributed by atoms with Crippen LogP contribution in [0, 0.1) is 22.9 Å². The average molecular weight is 422 g/mol. The molecule has 7 nitrogen and oxygen atoms in total. The van der Waals surface area contributed by atoms with Gasteiger partial charge < -0.3 is 0 Å². The quantitative estimate of drug-likeness (QED) is 0.337. The predicted molar refractivity (Wildman–Crippen MR) is 112 cm³/mol. The number of halogens is 1. The zero-order valence-electron chi connectivity index (χ0n) is 15.8. The van der Waals surface area contributed by atoms with Crippen LogP contribution in [0.3, 0.4) is 0 Å². The maximum absolute atomic E-state index is 14.2. The highest BCUT2D eigenvalue weighted by Gasteiger charge is 2.26. The number of carbonyl (C=O) groups excluding carboxylic acids is 1. The Hall–Kier alpha value is -3.72. The Bertz CT molecular complexity index is 1260. The summed E-state index contributed by atoms with van der Waals surface area (Å²) in [6, 6.07) is 14.3. The number of anilines is 1. The molecule has 0 aliphatic heterocycles. The van der Waals surface area contributed by atoms with Gasteiger partial charge in [0.1, 0.15) is 11.3 Å². The lowest BCUT2D eigenvalue weighted by molar-refractivity contribution is -0.385. The maximum atomic E-state index is 14.2. The number of hydrogen-bond donors (Lipinski definition) is 0. The molecule has 2 aromatic carbocycles. The van der Waals surface area contributed by atoms with Gasteiger partial charge in [0, 0.05) is 23.4 Å². The van der Waals surface area contributed by atoms with E-state index in [0.717, 1.165) is 0 Å². The van der Waals surface area contributed by atoms with Crippen molar-refractivity contribution in [2.45, 2.75) is 13.5 Å². The molecule has 0 aliphatic rings. The molecule has 0 aliphatic carbocycles. The predicted octanol–water partition coefficient (Wildman–Crippen LogP) is 4.89. The lowest BCUT2D eigenvalue weighted by atomic mass is 10.1. The number of fused-ring (bicyclic) bond motifs is 1. The van der Waals surface area contributed by atoms with Gasteiger partial charge in [-0.3, -0.25) is 24.8 Å². The van der Waals surface area contributed by atoms with Gasteiger partial charge in [0.15, 0.2) is 5.13 Å². The van der Waals surface area contributed by atoms with Crippen molar-refractivity contribution >= 4 is 38.3 Å². The van der Waals surface area contributed by atoms with Crippen molar-refractivity contribution in [2.24, 2.45) is 0 Å². The van der Waals surface area contributed by atoms with E-state index >= 15 is 0 Å². The average Bonchev–Trinajstić information content (AvgIpc) is 3.18. The minimum atomic E-state index is -0.526. The number of benzene rings is 2. The van der Waals surface area contributed by atoms with Crippen LogP contribution >= 0.6 is 11.3 Å². The van der Waals surface area contributed by atoms with E-state index in [2.05, 4.69) is 9.97 Å². The number of amides is 1. The zero-order chi connectivity index (χ0) is 21.3. The summed E-state index contributed by atoms with van der Waals surface area (Å²) >= 11 is 1.17. The van der Waals surface area contributed by atoms with Crippen molar-refractivity contribution in [1.29, 1.82) is 0 Å². The second kappa shape index (κ2) is 7.96. The van der Waals surface area contributed by atoms with E-state index in [1.165, 1.54) is 47.4 Å². The Morgan fingerprint density at radius 3 is 2.67 bits per heavy atom. The fourth-order valence-electron chi connectivity index (χ4n) is 3.10. The van der Waals surface area contributed by atoms with Crippen LogP contribution in [0.4, 0.5) is 15.2 Å². The topological polar surface area (TPSA) is 89.2 Å². The van der Waals surface area contributed by atoms with Gasteiger partial charge in [0.25, 0.3) is 11.6 Å². The molecule has 0 atom stereocenters. The highest BCUT2D eigenvalue weighted by atomic mass is 32.1. The van der Waals surface area contributed by atoms with E-state index < -0.39 is 16.6 Å². The summed E-state index contributed by atoms with van der Waals surface area (Å²) < 4.78 is 14.8. The summed E-state index contributed by atoms with van der Waals surface area (Å²) in [6.07, 6.45) is 1.61. The van der Waals surface area contributed by atoms with Gasteiger partial charge in [0.2, 0.25) is 0 Å². The SMILES string of the molecule is Cc1c(C(=O)N(Cc2ccccn2)c2nc3c(F)cccc3s2)cccc1[N+](=O)[O-]. The number of nitro groups is 1. The second-order valence-electron chi connectivity index (χ2n) is 6.50. The fourth-order valence-corrected chi connectivity index (χ4v) is 4.07. The van der Waals surface area contributed by atoms with Crippen LogP contribution < -0.4 is 4.90 Å². The van der Waals surface area contributed by atoms with E-state index in [4.69, 9.17) is 0 Å². The lowest BCUT2D eigenvalue weighted by Gasteiger charge is -2.20. The minimum Gasteiger partial charge on any atom is -0.278 e. The molecule has 30 heavy (non-hydrogen) atoms. The molecule has 0 saturated heterocycles. The summed E-state index contributed by atoms with van der Waals surface area (Å²) in [5, 5.41) is 11.6. The Kier molecular flexibility index (Phi) is 5.20. The van der Waals surface area contributed by atoms with Crippen LogP contribution in [-0.2, 0) is 6.54 Å². The van der Waals surface area contributed by atoms with E-state index in [0.29, 0.717) is 10.4 Å². The van der Waals surface area contributed by atoms with Gasteiger partial charge in [-0.1, -0.05) is 29.5 Å². The van der Waals surface area contributed by atoms with Crippen molar-refractivity contribution in [3.63, 3.8) is 0 Å². The largest absolute Gasteiger partial charge is 0.278 e. The molecule has 2 heterocycles. The first-order valence-electron chi connectivity index (χ1n) is 8.96. The number of para-hydroxylation sites is 1. The molecule has 4 aromatic rings. The highest BCUT2D eigenvalue weighted by molar-refractivity contribution is 7.22. The molecule has 0 radical (unpaired) electrons. The molecule has 150 valence electrons. The number of pyridine rings is 1. The second-order valence-corrected chi connectivity index (χ2v) is 7.51. The van der Waals surface area contributed by atoms with Gasteiger partial charge in [-0.25, -0.2) is 9.37 Å². The van der Waals surface area contributed by atoms with Gasteiger partial charge >= 0.3 is 0 Å². The van der Waals surface area contributed by atoms with Crippen molar-refractivity contribution in [1.82, 2.24) is 9.97 Å². The minimum absolute atomic E-state index is 0.0866. The summed E-state index contributed by atoms with van der Waals surface area (Å²) in [5.41, 5.74) is 1.07. The van der Waals surface area contributed by atoms with Crippen molar-refractivity contribution in [3.05, 3.63) is 93.5 Å². The monoisotopic (exact) mass is 422 g/mol. The van der Waals surface area contributed by atoms with E-state index in [9.17, 15) is 19.3 Å². The first kappa shape index (κ1) is 19.6. The third kappa shape index (κ3) is 3.62. The van der Waals surface area contributed by atoms with Gasteiger partial charge in [0.05, 0.1) is 21.9 Å². The van der Waals surface area contributed by atoms with Crippen LogP contribution in [0.25, 0.3) is 10.2 Å². The summed E-state index contributed by atoms with van der Waals surface area (Å²) in [4.78, 5) is 34.2. The van der Waals surface area contributed by atoms with Gasteiger partial charge in [-0.05, 0) is 37.3 Å². The molecular weight excluding hydrogens is 407 g/mol. The zero-order valence-corrected chi connectivity index (χ0v) is 16.6. The molecular formula is C21H15FN4O3S. The van der Waals surface area contributed by atoms with Crippen LogP contribution in [0.15, 0.2) is 60.8 Å². The lowest BCUT2D eigenvalue weighted by Crippen LogP contribution is -2.31. The number of nitrogens with zero attached hydrogens (tertiary/aromatic N) is 4. The Labute approximate surface area is 174 Å². The molecule has 0 unspecified atom stereocenters. The van der Waals surface area contributed by atoms with E-state index in [1.807, 2.05) is 0 Å². The molecule has 0 saturated carbocycles. The van der Waals surface area contributed by atoms with Crippen LogP contribution in [0.5, 0.6) is 0 Å². The third-order valence-electron chi connectivity index (χ3n) is 4.61. The number of aromatic nitrogens is 2. The number of carbonyl (C=O) groups is 1. The van der Waals surface area contributed by atoms with Crippen LogP contribution in [0.2, 0.25) is 0 Å². The third-order valence-corrected chi connectivity index (χ3v) is 5.66. The molecule has 9 heteroatoms. The van der Waals surface area contributed by atoms with E-state index in [-0.39, 0.29) is 34.0 Å². The highest BCUT2D eigenvalue weighted by Crippen LogP contribution is 2.33. The maximum Gasteiger partial charge on any atom is 0.273 e. The molecule has 0 bridgehead atoms. The summed E-state index contributed by atoms with van der Waals surface area (Å²) in [7, 11) is 0. The molecule has 0 spiro atoms. The summed E-state index contributed by atoms with van der Waals surface area (Å²) in [5.74, 6) is -0.951. The van der Waals surface area contributed by atoms with Crippen LogP contribution in [-0.4, -0.2) is 20.8 Å². The Morgan fingerprint density at radius 2 is 1.97 bits per heavy atom. The molecule has 1 amide bonds. The van der Waals surface area contributed by atoms with Crippen molar-refractivity contribution in [3.8, 4) is 0 Å². The number of thiazole rings is 1. The van der Waals surface area contributed by atoms with Crippen molar-refractivity contribution in [2.75, 3.05) is 4.90 Å². The smallest absolute Gasteiger partial charge is 0.273 e. The van der Waals surface area contributed by atoms with Gasteiger partial charge in [-0.15, -0.1) is 0 Å². The number of hydrogen-bond acceptors (Lipinski definition) is 6. The Morgan fingerprint density at radius 1 is 1.17 bits per heavy atom. The molecule has 0 fully saturated rings. The van der Waals surface area contributed by atoms with Crippen LogP contribution in [0.1, 0.15) is 21.6 Å². The standard InChI is InChI=1S/C21H15FN4O3S/c1-13-15(7-4-9-17(13)26(28)29)20(27)25(12-14-6-2-3-11-23-14)21-24-19-16(22)8-5-10-18(19)30-21/h2-11H,12H2,1H3. The fraction of sp³-hybridized carbons (Fsp3) is 0.0952. The van der Waals surface area contributed by atoms with E-state index in [1.54, 1.807) is 36.5 Å². The first-order valence-corrected chi connectivity index (χ1v) is 9.78. The summed E-state index contributed by atoms with van der Waals surface area (Å²) in [6.45, 7) is 1.62. The number of rotatable bonds is 5. The first-order chi connectivity index (χ1) is 14.5.